The van der Waals surface area contributed by atoms with Gasteiger partial charge in [0.05, 0.1) is 16.8 Å². The van der Waals surface area contributed by atoms with Crippen LogP contribution in [0.5, 0.6) is 0 Å². The molecule has 5 heterocycles. The van der Waals surface area contributed by atoms with Crippen molar-refractivity contribution in [2.24, 2.45) is 0 Å². The molecule has 1 aromatic carbocycles. The number of amides is 1. The number of likely N-dealkylation sites (tertiary alicyclic amines) is 1. The van der Waals surface area contributed by atoms with Gasteiger partial charge in [-0.3, -0.25) is 9.47 Å². The number of ether oxygens (including phenoxy) is 1. The van der Waals surface area contributed by atoms with E-state index in [9.17, 15) is 9.90 Å². The van der Waals surface area contributed by atoms with Crippen LogP contribution in [-0.4, -0.2) is 91.4 Å². The molecule has 4 aromatic rings. The summed E-state index contributed by atoms with van der Waals surface area (Å²) in [7, 11) is 0. The molecule has 3 aromatic heterocycles. The predicted octanol–water partition coefficient (Wildman–Crippen LogP) is 6.89. The van der Waals surface area contributed by atoms with Crippen LogP contribution >= 0.6 is 0 Å². The lowest BCUT2D eigenvalue weighted by Crippen LogP contribution is -2.54. The summed E-state index contributed by atoms with van der Waals surface area (Å²) in [6.45, 7) is 16.9. The highest BCUT2D eigenvalue weighted by atomic mass is 19.1. The van der Waals surface area contributed by atoms with Crippen LogP contribution in [0.15, 0.2) is 42.6 Å². The summed E-state index contributed by atoms with van der Waals surface area (Å²) in [5.74, 6) is 0.417. The van der Waals surface area contributed by atoms with E-state index in [1.54, 1.807) is 4.57 Å². The molecule has 7 rings (SSSR count). The molecular weight excluding hydrogens is 647 g/mol. The Morgan fingerprint density at radius 3 is 2.39 bits per heavy atom. The largest absolute Gasteiger partial charge is 0.444 e. The Morgan fingerprint density at radius 1 is 1.04 bits per heavy atom. The van der Waals surface area contributed by atoms with Gasteiger partial charge in [0.2, 0.25) is 5.95 Å². The zero-order valence-corrected chi connectivity index (χ0v) is 30.7. The maximum Gasteiger partial charge on any atom is 0.410 e. The normalized spacial score (nSPS) is 20.3. The van der Waals surface area contributed by atoms with Crippen LogP contribution < -0.4 is 10.2 Å². The summed E-state index contributed by atoms with van der Waals surface area (Å²) in [5.41, 5.74) is 3.16. The molecule has 1 aliphatic carbocycles. The Balaban J connectivity index is 1.02. The van der Waals surface area contributed by atoms with Crippen molar-refractivity contribution in [3.05, 3.63) is 65.4 Å². The topological polar surface area (TPSA) is 112 Å². The van der Waals surface area contributed by atoms with Gasteiger partial charge in [-0.1, -0.05) is 26.8 Å². The van der Waals surface area contributed by atoms with E-state index < -0.39 is 11.2 Å². The lowest BCUT2D eigenvalue weighted by Gasteiger charge is -2.43. The first-order valence-corrected chi connectivity index (χ1v) is 18.5. The minimum absolute atomic E-state index is 0.137. The first-order valence-electron chi connectivity index (χ1n) is 18.5. The zero-order chi connectivity index (χ0) is 36.1. The molecule has 51 heavy (non-hydrogen) atoms. The lowest BCUT2D eigenvalue weighted by atomic mass is 9.98. The van der Waals surface area contributed by atoms with Crippen LogP contribution in [0.25, 0.3) is 16.9 Å². The Bertz CT molecular complexity index is 1890. The van der Waals surface area contributed by atoms with Gasteiger partial charge >= 0.3 is 6.09 Å². The number of halogens is 1. The highest BCUT2D eigenvalue weighted by molar-refractivity contribution is 5.81. The molecule has 3 aliphatic rings. The first-order chi connectivity index (χ1) is 24.3. The second kappa shape index (κ2) is 13.7. The van der Waals surface area contributed by atoms with Gasteiger partial charge in [0.25, 0.3) is 0 Å². The summed E-state index contributed by atoms with van der Waals surface area (Å²) in [6.07, 6.45) is 5.24. The number of anilines is 3. The van der Waals surface area contributed by atoms with Crippen LogP contribution in [0.1, 0.15) is 90.1 Å². The molecule has 0 saturated carbocycles. The van der Waals surface area contributed by atoms with Gasteiger partial charge in [0.15, 0.2) is 11.5 Å². The maximum absolute atomic E-state index is 15.9. The van der Waals surface area contributed by atoms with E-state index in [1.807, 2.05) is 70.7 Å². The Kier molecular flexibility index (Phi) is 9.43. The third-order valence-electron chi connectivity index (χ3n) is 10.7. The van der Waals surface area contributed by atoms with Gasteiger partial charge in [0.1, 0.15) is 17.0 Å². The molecule has 2 aliphatic heterocycles. The van der Waals surface area contributed by atoms with E-state index in [0.29, 0.717) is 53.1 Å². The van der Waals surface area contributed by atoms with Crippen molar-refractivity contribution in [1.29, 1.82) is 0 Å². The molecule has 2 saturated heterocycles. The number of fused-ring (bicyclic) bond motifs is 2. The van der Waals surface area contributed by atoms with Crippen molar-refractivity contribution >= 4 is 34.4 Å². The van der Waals surface area contributed by atoms with Gasteiger partial charge < -0.3 is 25.0 Å². The molecule has 12 heteroatoms. The number of aryl methyl sites for hydroxylation is 1. The average molecular weight is 699 g/mol. The summed E-state index contributed by atoms with van der Waals surface area (Å²) in [5, 5.41) is 14.9. The van der Waals surface area contributed by atoms with E-state index in [-0.39, 0.29) is 17.8 Å². The number of rotatable bonds is 7. The number of carbonyl (C=O) groups is 1. The number of benzene rings is 1. The van der Waals surface area contributed by atoms with E-state index in [2.05, 4.69) is 32.2 Å². The highest BCUT2D eigenvalue weighted by Crippen LogP contribution is 2.40. The van der Waals surface area contributed by atoms with Gasteiger partial charge in [0, 0.05) is 62.9 Å². The predicted molar refractivity (Wildman–Crippen MR) is 198 cm³/mol. The maximum atomic E-state index is 15.9. The van der Waals surface area contributed by atoms with Crippen LogP contribution in [-0.2, 0) is 16.8 Å². The second-order valence-corrected chi connectivity index (χ2v) is 15.6. The molecule has 0 radical (unpaired) electrons. The number of nitrogens with zero attached hydrogens (tertiary/aromatic N) is 7. The molecule has 2 N–H and O–H groups in total. The van der Waals surface area contributed by atoms with Crippen LogP contribution in [0, 0.1) is 5.82 Å². The molecule has 1 amide bonds. The van der Waals surface area contributed by atoms with E-state index in [0.717, 1.165) is 75.5 Å². The van der Waals surface area contributed by atoms with Gasteiger partial charge in [-0.15, -0.1) is 0 Å². The van der Waals surface area contributed by atoms with Crippen molar-refractivity contribution in [3.8, 4) is 5.82 Å². The smallest absolute Gasteiger partial charge is 0.410 e. The molecule has 0 unspecified atom stereocenters. The standard InChI is InChI=1S/C39H51FN8O3/c1-7-39(50)17-14-26-8-13-31(43-34(26)39)48-33(25(2)3)32(40)30-24-41-36(44-35(30)48)42-27-9-11-28(12-10-27)45-20-22-46(23-21-45)29-15-18-47(19-16-29)37(49)51-38(4,5)6/h8-13,24-25,29,50H,7,14-23H2,1-6H3,(H,41,42,44)/t39-/m1/s1. The van der Waals surface area contributed by atoms with Crippen LogP contribution in [0.2, 0.25) is 0 Å². The number of nitrogens with one attached hydrogen (secondary N) is 1. The van der Waals surface area contributed by atoms with Gasteiger partial charge in [-0.2, -0.15) is 4.98 Å². The minimum atomic E-state index is -0.977. The third-order valence-corrected chi connectivity index (χ3v) is 10.7. The van der Waals surface area contributed by atoms with E-state index >= 15 is 4.39 Å². The Labute approximate surface area is 299 Å². The van der Waals surface area contributed by atoms with E-state index in [1.165, 1.54) is 6.20 Å². The molecule has 0 spiro atoms. The Morgan fingerprint density at radius 2 is 1.75 bits per heavy atom. The molecule has 2 fully saturated rings. The molecule has 1 atom stereocenters. The van der Waals surface area contributed by atoms with Gasteiger partial charge in [-0.05, 0) is 94.7 Å². The summed E-state index contributed by atoms with van der Waals surface area (Å²) in [4.78, 5) is 33.5. The quantitative estimate of drug-likeness (QED) is 0.213. The van der Waals surface area contributed by atoms with Crippen molar-refractivity contribution < 1.29 is 19.0 Å². The fraction of sp³-hybridized carbons (Fsp3) is 0.538. The number of aromatic nitrogens is 4. The molecule has 272 valence electrons. The number of hydrogen-bond acceptors (Lipinski definition) is 9. The molecule has 11 nitrogen and oxygen atoms in total. The van der Waals surface area contributed by atoms with Crippen LogP contribution in [0.3, 0.4) is 0 Å². The first kappa shape index (κ1) is 35.1. The number of hydrogen-bond donors (Lipinski definition) is 2. The fourth-order valence-electron chi connectivity index (χ4n) is 7.83. The van der Waals surface area contributed by atoms with Crippen molar-refractivity contribution in [2.75, 3.05) is 49.5 Å². The van der Waals surface area contributed by atoms with Crippen molar-refractivity contribution in [1.82, 2.24) is 29.3 Å². The number of carbonyl (C=O) groups excluding carboxylic acids is 1. The minimum Gasteiger partial charge on any atom is -0.444 e. The highest BCUT2D eigenvalue weighted by Gasteiger charge is 2.37. The van der Waals surface area contributed by atoms with Crippen LogP contribution in [0.4, 0.5) is 26.5 Å². The second-order valence-electron chi connectivity index (χ2n) is 15.6. The number of aliphatic hydroxyl groups is 1. The third kappa shape index (κ3) is 7.00. The van der Waals surface area contributed by atoms with Gasteiger partial charge in [-0.25, -0.2) is 19.2 Å². The van der Waals surface area contributed by atoms with E-state index in [4.69, 9.17) is 14.7 Å². The number of piperidine rings is 1. The fourth-order valence-corrected chi connectivity index (χ4v) is 7.83. The number of pyridine rings is 1. The summed E-state index contributed by atoms with van der Waals surface area (Å²) in [6, 6.07) is 12.6. The Hall–Kier alpha value is -4.29. The molecule has 0 bridgehead atoms. The van der Waals surface area contributed by atoms with Crippen molar-refractivity contribution in [3.63, 3.8) is 0 Å². The lowest BCUT2D eigenvalue weighted by molar-refractivity contribution is 0.0139. The monoisotopic (exact) mass is 698 g/mol. The zero-order valence-electron chi connectivity index (χ0n) is 30.7. The van der Waals surface area contributed by atoms with Crippen molar-refractivity contribution in [2.45, 2.75) is 96.8 Å². The average Bonchev–Trinajstić information content (AvgIpc) is 3.61. The SMILES string of the molecule is CC[C@@]1(O)CCc2ccc(-n3c(C(C)C)c(F)c4cnc(Nc5ccc(N6CCN(C7CCN(C(=O)OC(C)(C)C)CC7)CC6)cc5)nc43)nc21. The molecular formula is C39H51FN8O3. The summed E-state index contributed by atoms with van der Waals surface area (Å²) < 4.78 is 23.2. The summed E-state index contributed by atoms with van der Waals surface area (Å²) >= 11 is 0. The number of piperazine rings is 1.